The number of amides is 2. The molecule has 2 amide bonds. The molecule has 0 radical (unpaired) electrons. The van der Waals surface area contributed by atoms with E-state index in [0.717, 1.165) is 24.8 Å². The average molecular weight is 405 g/mol. The van der Waals surface area contributed by atoms with Gasteiger partial charge in [-0.1, -0.05) is 31.9 Å². The highest BCUT2D eigenvalue weighted by Crippen LogP contribution is 2.14. The highest BCUT2D eigenvalue weighted by Gasteiger charge is 2.19. The summed E-state index contributed by atoms with van der Waals surface area (Å²) in [6, 6.07) is 6.10. The van der Waals surface area contributed by atoms with Crippen molar-refractivity contribution in [1.29, 1.82) is 0 Å². The number of benzene rings is 1. The Kier molecular flexibility index (Phi) is 9.59. The SMILES string of the molecule is CCCCCC(=O)NC(Cc1ccc(OC(=O)CN2CCOCC2)cc1)C(N)=O. The Morgan fingerprint density at radius 3 is 2.48 bits per heavy atom. The fourth-order valence-corrected chi connectivity index (χ4v) is 3.06. The molecule has 8 nitrogen and oxygen atoms in total. The van der Waals surface area contributed by atoms with E-state index in [2.05, 4.69) is 12.2 Å². The molecular formula is C21H31N3O5. The van der Waals surface area contributed by atoms with Crippen LogP contribution in [0.3, 0.4) is 0 Å². The molecule has 0 aromatic heterocycles. The molecule has 1 aromatic rings. The Bertz CT molecular complexity index is 671. The number of primary amides is 1. The van der Waals surface area contributed by atoms with E-state index in [4.69, 9.17) is 15.2 Å². The van der Waals surface area contributed by atoms with E-state index in [9.17, 15) is 14.4 Å². The second kappa shape index (κ2) is 12.2. The lowest BCUT2D eigenvalue weighted by Crippen LogP contribution is -2.45. The number of nitrogens with two attached hydrogens (primary N) is 1. The monoisotopic (exact) mass is 405 g/mol. The normalized spacial score (nSPS) is 15.5. The van der Waals surface area contributed by atoms with Gasteiger partial charge in [0.25, 0.3) is 0 Å². The fraction of sp³-hybridized carbons (Fsp3) is 0.571. The van der Waals surface area contributed by atoms with Gasteiger partial charge in [-0.3, -0.25) is 19.3 Å². The molecule has 1 aliphatic heterocycles. The summed E-state index contributed by atoms with van der Waals surface area (Å²) < 4.78 is 10.6. The number of nitrogens with one attached hydrogen (secondary N) is 1. The zero-order valence-corrected chi connectivity index (χ0v) is 17.0. The summed E-state index contributed by atoms with van der Waals surface area (Å²) in [5, 5.41) is 2.70. The lowest BCUT2D eigenvalue weighted by molar-refractivity contribution is -0.136. The largest absolute Gasteiger partial charge is 0.426 e. The number of hydrogen-bond donors (Lipinski definition) is 2. The van der Waals surface area contributed by atoms with Crippen molar-refractivity contribution in [1.82, 2.24) is 10.2 Å². The summed E-state index contributed by atoms with van der Waals surface area (Å²) >= 11 is 0. The summed E-state index contributed by atoms with van der Waals surface area (Å²) in [6.07, 6.45) is 3.46. The molecule has 1 fully saturated rings. The third-order valence-electron chi connectivity index (χ3n) is 4.74. The van der Waals surface area contributed by atoms with Gasteiger partial charge in [0.2, 0.25) is 11.8 Å². The predicted octanol–water partition coefficient (Wildman–Crippen LogP) is 1.02. The fourth-order valence-electron chi connectivity index (χ4n) is 3.06. The van der Waals surface area contributed by atoms with Gasteiger partial charge in [0, 0.05) is 25.9 Å². The number of ether oxygens (including phenoxy) is 2. The molecule has 29 heavy (non-hydrogen) atoms. The highest BCUT2D eigenvalue weighted by molar-refractivity contribution is 5.86. The van der Waals surface area contributed by atoms with Gasteiger partial charge in [0.15, 0.2) is 0 Å². The number of carbonyl (C=O) groups excluding carboxylic acids is 3. The maximum Gasteiger partial charge on any atom is 0.325 e. The van der Waals surface area contributed by atoms with E-state index >= 15 is 0 Å². The van der Waals surface area contributed by atoms with E-state index in [0.29, 0.717) is 38.5 Å². The molecule has 1 saturated heterocycles. The number of morpholine rings is 1. The first-order valence-electron chi connectivity index (χ1n) is 10.2. The van der Waals surface area contributed by atoms with Crippen LogP contribution < -0.4 is 15.8 Å². The van der Waals surface area contributed by atoms with Crippen LogP contribution >= 0.6 is 0 Å². The van der Waals surface area contributed by atoms with Crippen LogP contribution in [0.5, 0.6) is 5.75 Å². The molecule has 0 bridgehead atoms. The van der Waals surface area contributed by atoms with Crippen LogP contribution in [-0.2, 0) is 25.5 Å². The Labute approximate surface area is 171 Å². The van der Waals surface area contributed by atoms with Gasteiger partial charge in [-0.25, -0.2) is 0 Å². The van der Waals surface area contributed by atoms with Gasteiger partial charge in [0.05, 0.1) is 19.8 Å². The Morgan fingerprint density at radius 2 is 1.86 bits per heavy atom. The first-order chi connectivity index (χ1) is 14.0. The van der Waals surface area contributed by atoms with E-state index in [1.54, 1.807) is 24.3 Å². The minimum Gasteiger partial charge on any atom is -0.426 e. The number of hydrogen-bond acceptors (Lipinski definition) is 6. The summed E-state index contributed by atoms with van der Waals surface area (Å²) in [4.78, 5) is 37.7. The van der Waals surface area contributed by atoms with Gasteiger partial charge in [-0.2, -0.15) is 0 Å². The molecule has 2 rings (SSSR count). The van der Waals surface area contributed by atoms with Crippen molar-refractivity contribution in [3.8, 4) is 5.75 Å². The first kappa shape index (κ1) is 22.8. The second-order valence-corrected chi connectivity index (χ2v) is 7.19. The minimum absolute atomic E-state index is 0.170. The topological polar surface area (TPSA) is 111 Å². The number of carbonyl (C=O) groups is 3. The van der Waals surface area contributed by atoms with Crippen molar-refractivity contribution in [2.75, 3.05) is 32.8 Å². The van der Waals surface area contributed by atoms with Crippen molar-refractivity contribution < 1.29 is 23.9 Å². The molecule has 3 N–H and O–H groups in total. The van der Waals surface area contributed by atoms with E-state index in [1.807, 2.05) is 4.90 Å². The molecule has 1 aliphatic rings. The van der Waals surface area contributed by atoms with E-state index in [1.165, 1.54) is 0 Å². The predicted molar refractivity (Wildman–Crippen MR) is 108 cm³/mol. The maximum absolute atomic E-state index is 12.0. The number of nitrogens with zero attached hydrogens (tertiary/aromatic N) is 1. The number of unbranched alkanes of at least 4 members (excludes halogenated alkanes) is 2. The van der Waals surface area contributed by atoms with Gasteiger partial charge in [-0.05, 0) is 24.1 Å². The Balaban J connectivity index is 1.83. The second-order valence-electron chi connectivity index (χ2n) is 7.19. The Morgan fingerprint density at radius 1 is 1.17 bits per heavy atom. The van der Waals surface area contributed by atoms with Crippen LogP contribution in [0.4, 0.5) is 0 Å². The standard InChI is InChI=1S/C21H31N3O5/c1-2-3-4-5-19(25)23-18(21(22)27)14-16-6-8-17(9-7-16)29-20(26)15-24-10-12-28-13-11-24/h6-9,18H,2-5,10-15H2,1H3,(H2,22,27)(H,23,25). The molecule has 0 aliphatic carbocycles. The van der Waals surface area contributed by atoms with E-state index in [-0.39, 0.29) is 24.8 Å². The van der Waals surface area contributed by atoms with Gasteiger partial charge < -0.3 is 20.5 Å². The molecule has 1 aromatic carbocycles. The van der Waals surface area contributed by atoms with Gasteiger partial charge in [0.1, 0.15) is 11.8 Å². The van der Waals surface area contributed by atoms with Crippen LogP contribution in [0.2, 0.25) is 0 Å². The third kappa shape index (κ3) is 8.62. The van der Waals surface area contributed by atoms with Crippen molar-refractivity contribution in [3.63, 3.8) is 0 Å². The average Bonchev–Trinajstić information content (AvgIpc) is 2.69. The quantitative estimate of drug-likeness (QED) is 0.323. The van der Waals surface area contributed by atoms with Crippen molar-refractivity contribution in [2.45, 2.75) is 45.1 Å². The minimum atomic E-state index is -0.765. The zero-order chi connectivity index (χ0) is 21.1. The highest BCUT2D eigenvalue weighted by atomic mass is 16.5. The molecule has 1 heterocycles. The van der Waals surface area contributed by atoms with Crippen LogP contribution in [0.1, 0.15) is 38.2 Å². The van der Waals surface area contributed by atoms with Gasteiger partial charge in [-0.15, -0.1) is 0 Å². The Hall–Kier alpha value is -2.45. The van der Waals surface area contributed by atoms with Crippen LogP contribution in [-0.4, -0.2) is 61.6 Å². The van der Waals surface area contributed by atoms with Gasteiger partial charge >= 0.3 is 5.97 Å². The van der Waals surface area contributed by atoms with E-state index < -0.39 is 11.9 Å². The van der Waals surface area contributed by atoms with Crippen molar-refractivity contribution in [2.24, 2.45) is 5.73 Å². The molecule has 0 saturated carbocycles. The van der Waals surface area contributed by atoms with Crippen LogP contribution in [0.25, 0.3) is 0 Å². The zero-order valence-electron chi connectivity index (χ0n) is 17.0. The molecule has 1 atom stereocenters. The maximum atomic E-state index is 12.0. The lowest BCUT2D eigenvalue weighted by atomic mass is 10.0. The summed E-state index contributed by atoms with van der Waals surface area (Å²) in [6.45, 7) is 4.96. The lowest BCUT2D eigenvalue weighted by Gasteiger charge is -2.25. The summed E-state index contributed by atoms with van der Waals surface area (Å²) in [5.41, 5.74) is 6.25. The summed E-state index contributed by atoms with van der Waals surface area (Å²) in [5.74, 6) is -0.633. The number of rotatable bonds is 11. The first-order valence-corrected chi connectivity index (χ1v) is 10.2. The van der Waals surface area contributed by atoms with Crippen LogP contribution in [0, 0.1) is 0 Å². The van der Waals surface area contributed by atoms with Crippen LogP contribution in [0.15, 0.2) is 24.3 Å². The smallest absolute Gasteiger partial charge is 0.325 e. The van der Waals surface area contributed by atoms with Crippen molar-refractivity contribution in [3.05, 3.63) is 29.8 Å². The summed E-state index contributed by atoms with van der Waals surface area (Å²) in [7, 11) is 0. The molecule has 8 heteroatoms. The number of esters is 1. The van der Waals surface area contributed by atoms with Crippen molar-refractivity contribution >= 4 is 17.8 Å². The molecule has 1 unspecified atom stereocenters. The molecule has 0 spiro atoms. The molecule has 160 valence electrons. The third-order valence-corrected chi connectivity index (χ3v) is 4.74. The molecular weight excluding hydrogens is 374 g/mol.